The van der Waals surface area contributed by atoms with E-state index in [0.717, 1.165) is 52.1 Å². The number of benzene rings is 1. The first-order chi connectivity index (χ1) is 14.8. The molecule has 1 unspecified atom stereocenters. The number of rotatable bonds is 6. The first kappa shape index (κ1) is 23.5. The van der Waals surface area contributed by atoms with Crippen molar-refractivity contribution in [2.45, 2.75) is 39.7 Å². The van der Waals surface area contributed by atoms with Crippen molar-refractivity contribution in [3.8, 4) is 0 Å². The number of urea groups is 1. The van der Waals surface area contributed by atoms with E-state index in [2.05, 4.69) is 48.3 Å². The van der Waals surface area contributed by atoms with Gasteiger partial charge in [0.2, 0.25) is 0 Å². The molecule has 2 N–H and O–H groups in total. The van der Waals surface area contributed by atoms with Crippen LogP contribution in [0.25, 0.3) is 0 Å². The molecule has 1 aromatic carbocycles. The van der Waals surface area contributed by atoms with Crippen LogP contribution in [0.2, 0.25) is 0 Å². The number of hydrogen-bond donors (Lipinski definition) is 2. The summed E-state index contributed by atoms with van der Waals surface area (Å²) >= 11 is 0. The van der Waals surface area contributed by atoms with Gasteiger partial charge in [0, 0.05) is 63.1 Å². The molecule has 2 fully saturated rings. The zero-order valence-electron chi connectivity index (χ0n) is 19.6. The van der Waals surface area contributed by atoms with E-state index < -0.39 is 0 Å². The predicted octanol–water partition coefficient (Wildman–Crippen LogP) is 2.95. The van der Waals surface area contributed by atoms with Gasteiger partial charge in [0.05, 0.1) is 0 Å². The van der Waals surface area contributed by atoms with Crippen LogP contribution in [0.1, 0.15) is 44.0 Å². The van der Waals surface area contributed by atoms with Gasteiger partial charge < -0.3 is 20.4 Å². The summed E-state index contributed by atoms with van der Waals surface area (Å²) in [5.74, 6) is 1.24. The highest BCUT2D eigenvalue weighted by Gasteiger charge is 2.25. The second-order valence-corrected chi connectivity index (χ2v) is 9.54. The second-order valence-electron chi connectivity index (χ2n) is 9.54. The lowest BCUT2D eigenvalue weighted by molar-refractivity contribution is 0.0697. The molecular formula is C24H39N5O2. The number of hydrogen-bond acceptors (Lipinski definition) is 4. The Morgan fingerprint density at radius 3 is 2.19 bits per heavy atom. The average Bonchev–Trinajstić information content (AvgIpc) is 2.75. The van der Waals surface area contributed by atoms with Gasteiger partial charge in [-0.15, -0.1) is 0 Å². The molecule has 1 atom stereocenters. The van der Waals surface area contributed by atoms with Crippen LogP contribution in [0.15, 0.2) is 24.3 Å². The lowest BCUT2D eigenvalue weighted by atomic mass is 9.98. The van der Waals surface area contributed by atoms with Gasteiger partial charge in [-0.2, -0.15) is 0 Å². The summed E-state index contributed by atoms with van der Waals surface area (Å²) in [6, 6.07) is 7.34. The highest BCUT2D eigenvalue weighted by atomic mass is 16.2. The lowest BCUT2D eigenvalue weighted by Crippen LogP contribution is -2.54. The molecule has 3 rings (SSSR count). The predicted molar refractivity (Wildman–Crippen MR) is 125 cm³/mol. The molecule has 7 heteroatoms. The number of anilines is 1. The van der Waals surface area contributed by atoms with Crippen molar-refractivity contribution in [1.29, 1.82) is 0 Å². The summed E-state index contributed by atoms with van der Waals surface area (Å²) in [4.78, 5) is 31.9. The summed E-state index contributed by atoms with van der Waals surface area (Å²) in [7, 11) is 2.15. The minimum absolute atomic E-state index is 0.0786. The van der Waals surface area contributed by atoms with Gasteiger partial charge in [0.1, 0.15) is 0 Å². The maximum Gasteiger partial charge on any atom is 0.319 e. The van der Waals surface area contributed by atoms with Gasteiger partial charge in [0.25, 0.3) is 5.91 Å². The fourth-order valence-electron chi connectivity index (χ4n) is 4.40. The molecule has 0 spiro atoms. The molecular weight excluding hydrogens is 390 g/mol. The third-order valence-corrected chi connectivity index (χ3v) is 6.71. The Morgan fingerprint density at radius 1 is 1.00 bits per heavy atom. The topological polar surface area (TPSA) is 67.9 Å². The lowest BCUT2D eigenvalue weighted by Gasteiger charge is -2.39. The van der Waals surface area contributed by atoms with Crippen molar-refractivity contribution in [3.63, 3.8) is 0 Å². The van der Waals surface area contributed by atoms with E-state index in [-0.39, 0.29) is 11.9 Å². The van der Waals surface area contributed by atoms with Gasteiger partial charge in [-0.25, -0.2) is 4.79 Å². The molecule has 0 aromatic heterocycles. The summed E-state index contributed by atoms with van der Waals surface area (Å²) in [6.07, 6.45) is 2.13. The third kappa shape index (κ3) is 6.68. The van der Waals surface area contributed by atoms with E-state index in [9.17, 15) is 9.59 Å². The van der Waals surface area contributed by atoms with Crippen LogP contribution in [0.3, 0.4) is 0 Å². The van der Waals surface area contributed by atoms with Crippen molar-refractivity contribution in [3.05, 3.63) is 29.8 Å². The van der Waals surface area contributed by atoms with E-state index in [1.165, 1.54) is 0 Å². The Morgan fingerprint density at radius 2 is 1.61 bits per heavy atom. The minimum atomic E-state index is -0.205. The molecule has 0 saturated carbocycles. The second kappa shape index (κ2) is 11.0. The summed E-state index contributed by atoms with van der Waals surface area (Å²) in [5, 5.41) is 5.93. The summed E-state index contributed by atoms with van der Waals surface area (Å²) in [5.41, 5.74) is 1.37. The number of piperidine rings is 1. The fourth-order valence-corrected chi connectivity index (χ4v) is 4.40. The first-order valence-electron chi connectivity index (χ1n) is 11.7. The number of piperazine rings is 1. The van der Waals surface area contributed by atoms with Crippen molar-refractivity contribution in [1.82, 2.24) is 20.0 Å². The number of likely N-dealkylation sites (N-methyl/N-ethyl adjacent to an activating group) is 1. The first-order valence-corrected chi connectivity index (χ1v) is 11.7. The van der Waals surface area contributed by atoms with Crippen LogP contribution in [-0.4, -0.2) is 85.5 Å². The molecule has 0 bridgehead atoms. The highest BCUT2D eigenvalue weighted by Crippen LogP contribution is 2.19. The molecule has 1 aromatic rings. The molecule has 2 saturated heterocycles. The molecule has 2 heterocycles. The van der Waals surface area contributed by atoms with Crippen molar-refractivity contribution < 1.29 is 9.59 Å². The van der Waals surface area contributed by atoms with Crippen LogP contribution < -0.4 is 10.6 Å². The largest absolute Gasteiger partial charge is 0.339 e. The number of likely N-dealkylation sites (tertiary alicyclic amines) is 1. The Labute approximate surface area is 187 Å². The van der Waals surface area contributed by atoms with Gasteiger partial charge in [-0.1, -0.05) is 20.8 Å². The zero-order valence-corrected chi connectivity index (χ0v) is 19.6. The van der Waals surface area contributed by atoms with Gasteiger partial charge in [-0.3, -0.25) is 9.69 Å². The fraction of sp³-hybridized carbons (Fsp3) is 0.667. The molecule has 172 valence electrons. The van der Waals surface area contributed by atoms with Gasteiger partial charge in [0.15, 0.2) is 0 Å². The normalized spacial score (nSPS) is 20.0. The monoisotopic (exact) mass is 429 g/mol. The molecule has 31 heavy (non-hydrogen) atoms. The van der Waals surface area contributed by atoms with Crippen molar-refractivity contribution >= 4 is 17.6 Å². The Kier molecular flexibility index (Phi) is 8.32. The van der Waals surface area contributed by atoms with Crippen LogP contribution in [0, 0.1) is 11.8 Å². The SMILES string of the molecule is CC1CCN(C(=O)c2ccc(NC(=O)NCC(C(C)C)N3CCN(C)CC3)cc2)CC1. The number of carbonyl (C=O) groups is 2. The highest BCUT2D eigenvalue weighted by molar-refractivity contribution is 5.95. The van der Waals surface area contributed by atoms with Crippen molar-refractivity contribution in [2.75, 3.05) is 58.2 Å². The summed E-state index contributed by atoms with van der Waals surface area (Å²) < 4.78 is 0. The zero-order chi connectivity index (χ0) is 22.4. The number of amides is 3. The third-order valence-electron chi connectivity index (χ3n) is 6.71. The Bertz CT molecular complexity index is 720. The van der Waals surface area contributed by atoms with Gasteiger partial charge in [-0.05, 0) is 56.0 Å². The van der Waals surface area contributed by atoms with Crippen LogP contribution in [0.5, 0.6) is 0 Å². The molecule has 7 nitrogen and oxygen atoms in total. The maximum absolute atomic E-state index is 12.7. The molecule has 0 aliphatic carbocycles. The maximum atomic E-state index is 12.7. The number of nitrogens with zero attached hydrogens (tertiary/aromatic N) is 3. The Hall–Kier alpha value is -2.12. The van der Waals surface area contributed by atoms with Gasteiger partial charge >= 0.3 is 6.03 Å². The quantitative estimate of drug-likeness (QED) is 0.730. The minimum Gasteiger partial charge on any atom is -0.339 e. The van der Waals surface area contributed by atoms with Crippen LogP contribution in [-0.2, 0) is 0 Å². The van der Waals surface area contributed by atoms with E-state index in [4.69, 9.17) is 0 Å². The Balaban J connectivity index is 1.48. The van der Waals surface area contributed by atoms with Crippen LogP contribution >= 0.6 is 0 Å². The standard InChI is InChI=1S/C24H39N5O2/c1-18(2)22(28-15-13-27(4)14-16-28)17-25-24(31)26-21-7-5-20(6-8-21)23(30)29-11-9-19(3)10-12-29/h5-8,18-19,22H,9-17H2,1-4H3,(H2,25,26,31). The van der Waals surface area contributed by atoms with E-state index in [0.29, 0.717) is 35.7 Å². The van der Waals surface area contributed by atoms with E-state index in [1.807, 2.05) is 4.90 Å². The van der Waals surface area contributed by atoms with E-state index in [1.54, 1.807) is 24.3 Å². The van der Waals surface area contributed by atoms with Crippen molar-refractivity contribution in [2.24, 2.45) is 11.8 Å². The molecule has 3 amide bonds. The molecule has 0 radical (unpaired) electrons. The number of nitrogens with one attached hydrogen (secondary N) is 2. The molecule has 2 aliphatic rings. The molecule has 2 aliphatic heterocycles. The average molecular weight is 430 g/mol. The smallest absolute Gasteiger partial charge is 0.319 e. The van der Waals surface area contributed by atoms with E-state index >= 15 is 0 Å². The summed E-state index contributed by atoms with van der Waals surface area (Å²) in [6.45, 7) is 13.1. The number of carbonyl (C=O) groups excluding carboxylic acids is 2. The van der Waals surface area contributed by atoms with Crippen LogP contribution in [0.4, 0.5) is 10.5 Å².